The smallest absolute Gasteiger partial charge is 0.220 e. The molecule has 0 aliphatic carbocycles. The van der Waals surface area contributed by atoms with E-state index in [-0.39, 0.29) is 5.95 Å². The van der Waals surface area contributed by atoms with Crippen molar-refractivity contribution in [1.82, 2.24) is 9.97 Å². The molecule has 2 N–H and O–H groups in total. The van der Waals surface area contributed by atoms with Gasteiger partial charge in [0.25, 0.3) is 0 Å². The Kier molecular flexibility index (Phi) is 4.74. The molecule has 24 heavy (non-hydrogen) atoms. The molecule has 0 saturated heterocycles. The van der Waals surface area contributed by atoms with Crippen LogP contribution in [0.5, 0.6) is 0 Å². The fraction of sp³-hybridized carbons (Fsp3) is 0.0588. The van der Waals surface area contributed by atoms with E-state index in [1.807, 2.05) is 37.3 Å². The van der Waals surface area contributed by atoms with Gasteiger partial charge in [-0.2, -0.15) is 0 Å². The number of hydrogen-bond acceptors (Lipinski definition) is 5. The van der Waals surface area contributed by atoms with Crippen molar-refractivity contribution in [2.24, 2.45) is 10.2 Å². The van der Waals surface area contributed by atoms with Gasteiger partial charge in [-0.15, -0.1) is 10.2 Å². The SMILES string of the molecule is Cc1nc(N)nc(-c2ccccc2)c1N=Nc1ccc(Cl)cc1Cl. The minimum Gasteiger partial charge on any atom is -0.368 e. The molecule has 120 valence electrons. The van der Waals surface area contributed by atoms with Gasteiger partial charge in [0.15, 0.2) is 0 Å². The molecule has 1 aromatic heterocycles. The summed E-state index contributed by atoms with van der Waals surface area (Å²) in [7, 11) is 0. The van der Waals surface area contributed by atoms with Gasteiger partial charge in [-0.1, -0.05) is 53.5 Å². The van der Waals surface area contributed by atoms with Gasteiger partial charge in [-0.05, 0) is 25.1 Å². The van der Waals surface area contributed by atoms with Crippen LogP contribution in [0, 0.1) is 6.92 Å². The van der Waals surface area contributed by atoms with Crippen LogP contribution in [0.25, 0.3) is 11.3 Å². The van der Waals surface area contributed by atoms with Crippen molar-refractivity contribution >= 4 is 40.5 Å². The van der Waals surface area contributed by atoms with Crippen LogP contribution in [-0.2, 0) is 0 Å². The fourth-order valence-electron chi connectivity index (χ4n) is 2.17. The summed E-state index contributed by atoms with van der Waals surface area (Å²) in [6, 6.07) is 14.6. The Balaban J connectivity index is 2.09. The van der Waals surface area contributed by atoms with Crippen molar-refractivity contribution in [3.63, 3.8) is 0 Å². The van der Waals surface area contributed by atoms with Gasteiger partial charge in [-0.25, -0.2) is 9.97 Å². The summed E-state index contributed by atoms with van der Waals surface area (Å²) in [5.41, 5.74) is 8.97. The molecule has 2 aromatic carbocycles. The van der Waals surface area contributed by atoms with Crippen LogP contribution in [-0.4, -0.2) is 9.97 Å². The van der Waals surface area contributed by atoms with Gasteiger partial charge in [0.2, 0.25) is 5.95 Å². The molecule has 0 aliphatic heterocycles. The molecule has 0 amide bonds. The first-order chi connectivity index (χ1) is 11.5. The van der Waals surface area contributed by atoms with E-state index in [0.717, 1.165) is 5.56 Å². The number of benzene rings is 2. The second-order valence-electron chi connectivity index (χ2n) is 5.03. The molecule has 0 spiro atoms. The average molecular weight is 358 g/mol. The van der Waals surface area contributed by atoms with Crippen LogP contribution >= 0.6 is 23.2 Å². The molecule has 3 rings (SSSR count). The lowest BCUT2D eigenvalue weighted by Gasteiger charge is -2.08. The molecule has 7 heteroatoms. The van der Waals surface area contributed by atoms with E-state index in [1.54, 1.807) is 18.2 Å². The second kappa shape index (κ2) is 6.95. The molecule has 0 radical (unpaired) electrons. The van der Waals surface area contributed by atoms with Crippen molar-refractivity contribution in [2.75, 3.05) is 5.73 Å². The maximum absolute atomic E-state index is 6.13. The number of aromatic nitrogens is 2. The Morgan fingerprint density at radius 3 is 2.42 bits per heavy atom. The van der Waals surface area contributed by atoms with Gasteiger partial charge in [0, 0.05) is 10.6 Å². The van der Waals surface area contributed by atoms with E-state index in [2.05, 4.69) is 20.2 Å². The normalized spacial score (nSPS) is 11.1. The van der Waals surface area contributed by atoms with Crippen molar-refractivity contribution in [3.05, 3.63) is 64.3 Å². The molecular formula is C17H13Cl2N5. The first-order valence-electron chi connectivity index (χ1n) is 7.11. The molecule has 0 atom stereocenters. The van der Waals surface area contributed by atoms with Crippen molar-refractivity contribution in [2.45, 2.75) is 6.92 Å². The number of azo groups is 1. The molecule has 1 heterocycles. The topological polar surface area (TPSA) is 76.5 Å². The van der Waals surface area contributed by atoms with E-state index in [9.17, 15) is 0 Å². The highest BCUT2D eigenvalue weighted by Crippen LogP contribution is 2.34. The zero-order valence-corrected chi connectivity index (χ0v) is 14.3. The van der Waals surface area contributed by atoms with Crippen LogP contribution in [0.1, 0.15) is 5.69 Å². The summed E-state index contributed by atoms with van der Waals surface area (Å²) in [4.78, 5) is 8.48. The van der Waals surface area contributed by atoms with Gasteiger partial charge in [0.1, 0.15) is 17.1 Å². The molecule has 0 fully saturated rings. The number of rotatable bonds is 3. The van der Waals surface area contributed by atoms with E-state index >= 15 is 0 Å². The summed E-state index contributed by atoms with van der Waals surface area (Å²) in [6.45, 7) is 1.81. The van der Waals surface area contributed by atoms with Crippen molar-refractivity contribution in [3.8, 4) is 11.3 Å². The van der Waals surface area contributed by atoms with E-state index in [0.29, 0.717) is 32.8 Å². The number of nitrogens with two attached hydrogens (primary N) is 1. The van der Waals surface area contributed by atoms with Crippen molar-refractivity contribution < 1.29 is 0 Å². The third kappa shape index (κ3) is 3.53. The summed E-state index contributed by atoms with van der Waals surface area (Å²) in [6.07, 6.45) is 0. The fourth-order valence-corrected chi connectivity index (χ4v) is 2.62. The molecule has 0 aliphatic rings. The molecule has 0 saturated carbocycles. The average Bonchev–Trinajstić information content (AvgIpc) is 2.56. The Morgan fingerprint density at radius 1 is 0.958 bits per heavy atom. The van der Waals surface area contributed by atoms with Crippen LogP contribution in [0.3, 0.4) is 0 Å². The van der Waals surface area contributed by atoms with Gasteiger partial charge in [0.05, 0.1) is 10.7 Å². The lowest BCUT2D eigenvalue weighted by Crippen LogP contribution is -1.99. The lowest BCUT2D eigenvalue weighted by molar-refractivity contribution is 1.08. The zero-order valence-electron chi connectivity index (χ0n) is 12.7. The Bertz CT molecular complexity index is 910. The van der Waals surface area contributed by atoms with E-state index in [1.165, 1.54) is 0 Å². The minimum atomic E-state index is 0.190. The summed E-state index contributed by atoms with van der Waals surface area (Å²) >= 11 is 12.0. The number of halogens is 2. The van der Waals surface area contributed by atoms with Gasteiger partial charge in [-0.3, -0.25) is 0 Å². The third-order valence-corrected chi connectivity index (χ3v) is 3.83. The predicted octanol–water partition coefficient (Wildman–Crippen LogP) is 5.76. The van der Waals surface area contributed by atoms with Gasteiger partial charge < -0.3 is 5.73 Å². The Labute approximate surface area is 149 Å². The summed E-state index contributed by atoms with van der Waals surface area (Å²) in [5.74, 6) is 0.190. The molecular weight excluding hydrogens is 345 g/mol. The number of hydrogen-bond donors (Lipinski definition) is 1. The quantitative estimate of drug-likeness (QED) is 0.605. The second-order valence-corrected chi connectivity index (χ2v) is 5.87. The van der Waals surface area contributed by atoms with Gasteiger partial charge >= 0.3 is 0 Å². The Hall–Kier alpha value is -2.50. The molecule has 3 aromatic rings. The minimum absolute atomic E-state index is 0.190. The van der Waals surface area contributed by atoms with Crippen LogP contribution in [0.2, 0.25) is 10.0 Å². The number of nitrogen functional groups attached to an aromatic ring is 1. The lowest BCUT2D eigenvalue weighted by atomic mass is 10.1. The standard InChI is InChI=1S/C17H13Cl2N5/c1-10-15(24-23-14-8-7-12(18)9-13(14)19)16(22-17(20)21-10)11-5-3-2-4-6-11/h2-9H,1H3,(H2,20,21,22). The maximum Gasteiger partial charge on any atom is 0.220 e. The summed E-state index contributed by atoms with van der Waals surface area (Å²) < 4.78 is 0. The monoisotopic (exact) mass is 357 g/mol. The molecule has 0 bridgehead atoms. The molecule has 0 unspecified atom stereocenters. The summed E-state index contributed by atoms with van der Waals surface area (Å²) in [5, 5.41) is 9.46. The van der Waals surface area contributed by atoms with Crippen LogP contribution in [0.4, 0.5) is 17.3 Å². The number of nitrogens with zero attached hydrogens (tertiary/aromatic N) is 4. The number of aryl methyl sites for hydroxylation is 1. The highest BCUT2D eigenvalue weighted by Gasteiger charge is 2.12. The maximum atomic E-state index is 6.13. The largest absolute Gasteiger partial charge is 0.368 e. The highest BCUT2D eigenvalue weighted by atomic mass is 35.5. The number of anilines is 1. The first-order valence-corrected chi connectivity index (χ1v) is 7.86. The Morgan fingerprint density at radius 2 is 1.71 bits per heavy atom. The molecule has 5 nitrogen and oxygen atoms in total. The van der Waals surface area contributed by atoms with Crippen LogP contribution in [0.15, 0.2) is 58.8 Å². The van der Waals surface area contributed by atoms with E-state index < -0.39 is 0 Å². The van der Waals surface area contributed by atoms with E-state index in [4.69, 9.17) is 28.9 Å². The third-order valence-electron chi connectivity index (χ3n) is 3.29. The van der Waals surface area contributed by atoms with Crippen LogP contribution < -0.4 is 5.73 Å². The predicted molar refractivity (Wildman–Crippen MR) is 97.3 cm³/mol. The zero-order chi connectivity index (χ0) is 17.1. The van der Waals surface area contributed by atoms with Crippen molar-refractivity contribution in [1.29, 1.82) is 0 Å². The first kappa shape index (κ1) is 16.4. The highest BCUT2D eigenvalue weighted by molar-refractivity contribution is 6.36.